The molecule has 1 atom stereocenters. The molecule has 0 heterocycles. The van der Waals surface area contributed by atoms with E-state index in [9.17, 15) is 4.79 Å². The number of methoxy groups -OCH3 is 1. The highest BCUT2D eigenvalue weighted by Crippen LogP contribution is 2.15. The molecule has 0 bridgehead atoms. The molecule has 0 aromatic heterocycles. The lowest BCUT2D eigenvalue weighted by atomic mass is 9.97. The molecule has 1 aromatic carbocycles. The first-order valence-corrected chi connectivity index (χ1v) is 5.17. The summed E-state index contributed by atoms with van der Waals surface area (Å²) in [4.78, 5) is 10.8. The van der Waals surface area contributed by atoms with Gasteiger partial charge < -0.3 is 9.53 Å². The van der Waals surface area contributed by atoms with E-state index in [0.29, 0.717) is 0 Å². The summed E-state index contributed by atoms with van der Waals surface area (Å²) in [5.74, 6) is 0. The van der Waals surface area contributed by atoms with Crippen LogP contribution in [0.15, 0.2) is 24.3 Å². The van der Waals surface area contributed by atoms with Crippen molar-refractivity contribution in [1.29, 1.82) is 0 Å². The van der Waals surface area contributed by atoms with Crippen LogP contribution in [0.25, 0.3) is 0 Å². The third-order valence-corrected chi connectivity index (χ3v) is 2.75. The van der Waals surface area contributed by atoms with Gasteiger partial charge in [0, 0.05) is 7.11 Å². The molecule has 0 saturated carbocycles. The second kappa shape index (κ2) is 5.08. The van der Waals surface area contributed by atoms with E-state index >= 15 is 0 Å². The molecule has 0 radical (unpaired) electrons. The van der Waals surface area contributed by atoms with Crippen LogP contribution in [-0.2, 0) is 16.0 Å². The topological polar surface area (TPSA) is 26.3 Å². The minimum atomic E-state index is -0.648. The van der Waals surface area contributed by atoms with Crippen LogP contribution in [0.5, 0.6) is 0 Å². The van der Waals surface area contributed by atoms with E-state index in [1.54, 1.807) is 7.11 Å². The predicted molar refractivity (Wildman–Crippen MR) is 61.0 cm³/mol. The zero-order chi connectivity index (χ0) is 11.3. The zero-order valence-electron chi connectivity index (χ0n) is 9.62. The molecule has 0 spiro atoms. The van der Waals surface area contributed by atoms with Crippen molar-refractivity contribution in [3.05, 3.63) is 35.4 Å². The third-order valence-electron chi connectivity index (χ3n) is 2.75. The Morgan fingerprint density at radius 3 is 2.40 bits per heavy atom. The Balaban J connectivity index is 2.56. The highest BCUT2D eigenvalue weighted by Gasteiger charge is 2.21. The fourth-order valence-corrected chi connectivity index (χ4v) is 1.36. The Bertz CT molecular complexity index is 316. The molecule has 15 heavy (non-hydrogen) atoms. The molecule has 0 fully saturated rings. The fraction of sp³-hybridized carbons (Fsp3) is 0.462. The summed E-state index contributed by atoms with van der Waals surface area (Å²) in [5.41, 5.74) is 1.85. The molecule has 1 rings (SSSR count). The molecular weight excluding hydrogens is 188 g/mol. The molecule has 2 heteroatoms. The van der Waals surface area contributed by atoms with Gasteiger partial charge in [0.15, 0.2) is 6.29 Å². The number of hydrogen-bond acceptors (Lipinski definition) is 2. The first-order chi connectivity index (χ1) is 7.09. The van der Waals surface area contributed by atoms with Crippen LogP contribution >= 0.6 is 0 Å². The van der Waals surface area contributed by atoms with E-state index in [0.717, 1.165) is 19.1 Å². The Labute approximate surface area is 91.3 Å². The lowest BCUT2D eigenvalue weighted by Gasteiger charge is -2.20. The molecule has 0 aliphatic carbocycles. The van der Waals surface area contributed by atoms with Crippen molar-refractivity contribution in [3.63, 3.8) is 0 Å². The average molecular weight is 206 g/mol. The van der Waals surface area contributed by atoms with E-state index < -0.39 is 5.60 Å². The number of rotatable bonds is 5. The standard InChI is InChI=1S/C13H18O2/c1-11-4-6-12(7-5-11)8-9-13(2,10-14)15-3/h4-7,10H,8-9H2,1-3H3. The molecule has 0 N–H and O–H groups in total. The molecule has 1 unspecified atom stereocenters. The van der Waals surface area contributed by atoms with Crippen molar-refractivity contribution in [2.45, 2.75) is 32.3 Å². The molecular formula is C13H18O2. The molecule has 0 aliphatic heterocycles. The van der Waals surface area contributed by atoms with Crippen molar-refractivity contribution < 1.29 is 9.53 Å². The predicted octanol–water partition coefficient (Wildman–Crippen LogP) is 2.53. The first kappa shape index (κ1) is 11.9. The van der Waals surface area contributed by atoms with E-state index in [1.807, 2.05) is 6.92 Å². The van der Waals surface area contributed by atoms with Gasteiger partial charge in [0.1, 0.15) is 5.60 Å². The van der Waals surface area contributed by atoms with Gasteiger partial charge in [0.25, 0.3) is 0 Å². The van der Waals surface area contributed by atoms with Gasteiger partial charge in [-0.05, 0) is 32.3 Å². The summed E-state index contributed by atoms with van der Waals surface area (Å²) in [5, 5.41) is 0. The van der Waals surface area contributed by atoms with Gasteiger partial charge in [0.2, 0.25) is 0 Å². The van der Waals surface area contributed by atoms with E-state index in [1.165, 1.54) is 11.1 Å². The first-order valence-electron chi connectivity index (χ1n) is 5.17. The number of ether oxygens (including phenoxy) is 1. The minimum absolute atomic E-state index is 0.648. The normalized spacial score (nSPS) is 14.6. The van der Waals surface area contributed by atoms with E-state index in [-0.39, 0.29) is 0 Å². The van der Waals surface area contributed by atoms with Gasteiger partial charge in [-0.1, -0.05) is 29.8 Å². The summed E-state index contributed by atoms with van der Waals surface area (Å²) >= 11 is 0. The molecule has 0 amide bonds. The summed E-state index contributed by atoms with van der Waals surface area (Å²) in [6.07, 6.45) is 2.46. The van der Waals surface area contributed by atoms with Crippen molar-refractivity contribution in [1.82, 2.24) is 0 Å². The minimum Gasteiger partial charge on any atom is -0.371 e. The van der Waals surface area contributed by atoms with Crippen LogP contribution < -0.4 is 0 Å². The second-order valence-corrected chi connectivity index (χ2v) is 4.12. The number of hydrogen-bond donors (Lipinski definition) is 0. The maximum Gasteiger partial charge on any atom is 0.151 e. The number of aryl methyl sites for hydroxylation is 2. The van der Waals surface area contributed by atoms with E-state index in [2.05, 4.69) is 31.2 Å². The van der Waals surface area contributed by atoms with Crippen molar-refractivity contribution in [2.24, 2.45) is 0 Å². The lowest BCUT2D eigenvalue weighted by molar-refractivity contribution is -0.126. The Morgan fingerprint density at radius 1 is 1.33 bits per heavy atom. The smallest absolute Gasteiger partial charge is 0.151 e. The highest BCUT2D eigenvalue weighted by atomic mass is 16.5. The van der Waals surface area contributed by atoms with Gasteiger partial charge >= 0.3 is 0 Å². The molecule has 82 valence electrons. The van der Waals surface area contributed by atoms with Crippen LogP contribution in [0, 0.1) is 6.92 Å². The monoisotopic (exact) mass is 206 g/mol. The van der Waals surface area contributed by atoms with Gasteiger partial charge in [-0.15, -0.1) is 0 Å². The van der Waals surface area contributed by atoms with Gasteiger partial charge in [-0.2, -0.15) is 0 Å². The second-order valence-electron chi connectivity index (χ2n) is 4.12. The highest BCUT2D eigenvalue weighted by molar-refractivity contribution is 5.61. The SMILES string of the molecule is COC(C)(C=O)CCc1ccc(C)cc1. The Kier molecular flexibility index (Phi) is 4.04. The number of aldehydes is 1. The van der Waals surface area contributed by atoms with Crippen molar-refractivity contribution in [2.75, 3.05) is 7.11 Å². The van der Waals surface area contributed by atoms with Gasteiger partial charge in [-0.3, -0.25) is 0 Å². The summed E-state index contributed by atoms with van der Waals surface area (Å²) in [7, 11) is 1.57. The van der Waals surface area contributed by atoms with Crippen LogP contribution in [0.2, 0.25) is 0 Å². The molecule has 1 aromatic rings. The summed E-state index contributed by atoms with van der Waals surface area (Å²) in [6.45, 7) is 3.88. The molecule has 0 aliphatic rings. The quantitative estimate of drug-likeness (QED) is 0.692. The Morgan fingerprint density at radius 2 is 1.93 bits per heavy atom. The van der Waals surface area contributed by atoms with Crippen molar-refractivity contribution >= 4 is 6.29 Å². The van der Waals surface area contributed by atoms with Gasteiger partial charge in [-0.25, -0.2) is 0 Å². The average Bonchev–Trinajstić information content (AvgIpc) is 2.28. The van der Waals surface area contributed by atoms with Crippen LogP contribution in [0.4, 0.5) is 0 Å². The number of carbonyl (C=O) groups excluding carboxylic acids is 1. The Hall–Kier alpha value is -1.15. The maximum atomic E-state index is 10.8. The van der Waals surface area contributed by atoms with Gasteiger partial charge in [0.05, 0.1) is 0 Å². The van der Waals surface area contributed by atoms with Crippen molar-refractivity contribution in [3.8, 4) is 0 Å². The lowest BCUT2D eigenvalue weighted by Crippen LogP contribution is -2.29. The number of carbonyl (C=O) groups is 1. The summed E-state index contributed by atoms with van der Waals surface area (Å²) < 4.78 is 5.16. The van der Waals surface area contributed by atoms with Crippen LogP contribution in [-0.4, -0.2) is 19.0 Å². The molecule has 0 saturated heterocycles. The fourth-order valence-electron chi connectivity index (χ4n) is 1.36. The zero-order valence-corrected chi connectivity index (χ0v) is 9.62. The van der Waals surface area contributed by atoms with Crippen LogP contribution in [0.1, 0.15) is 24.5 Å². The third kappa shape index (κ3) is 3.48. The maximum absolute atomic E-state index is 10.8. The number of benzene rings is 1. The molecule has 2 nitrogen and oxygen atoms in total. The van der Waals surface area contributed by atoms with Crippen LogP contribution in [0.3, 0.4) is 0 Å². The summed E-state index contributed by atoms with van der Waals surface area (Å²) in [6, 6.07) is 8.35. The largest absolute Gasteiger partial charge is 0.371 e. The van der Waals surface area contributed by atoms with E-state index in [4.69, 9.17) is 4.74 Å².